The number of benzene rings is 1. The Morgan fingerprint density at radius 3 is 2.88 bits per heavy atom. The van der Waals surface area contributed by atoms with Crippen LogP contribution in [0.15, 0.2) is 28.7 Å². The third-order valence-corrected chi connectivity index (χ3v) is 2.82. The molecule has 1 aromatic carbocycles. The molecule has 0 saturated carbocycles. The molecule has 0 unspecified atom stereocenters. The number of hydrogen-bond acceptors (Lipinski definition) is 2. The average molecular weight is 284 g/mol. The van der Waals surface area contributed by atoms with Gasteiger partial charge < -0.3 is 10.6 Å². The number of amidine groups is 1. The largest absolute Gasteiger partial charge is 0.388 e. The van der Waals surface area contributed by atoms with E-state index >= 15 is 0 Å². The van der Waals surface area contributed by atoms with Gasteiger partial charge in [0.05, 0.1) is 5.84 Å². The lowest BCUT2D eigenvalue weighted by Crippen LogP contribution is -2.21. The van der Waals surface area contributed by atoms with Crippen LogP contribution in [0.1, 0.15) is 18.4 Å². The third-order valence-electron chi connectivity index (χ3n) is 2.33. The van der Waals surface area contributed by atoms with Crippen LogP contribution in [-0.2, 0) is 6.54 Å². The van der Waals surface area contributed by atoms with Crippen molar-refractivity contribution in [3.8, 4) is 0 Å². The summed E-state index contributed by atoms with van der Waals surface area (Å²) in [6, 6.07) is 8.32. The Kier molecular flexibility index (Phi) is 5.49. The van der Waals surface area contributed by atoms with Gasteiger partial charge in [0, 0.05) is 17.4 Å². The molecular weight excluding hydrogens is 266 g/mol. The van der Waals surface area contributed by atoms with Crippen molar-refractivity contribution in [3.05, 3.63) is 34.3 Å². The first-order valence-electron chi connectivity index (χ1n) is 5.34. The Balaban J connectivity index is 2.33. The Bertz CT molecular complexity index is 352. The number of rotatable bonds is 6. The zero-order valence-corrected chi connectivity index (χ0v) is 11.1. The van der Waals surface area contributed by atoms with Crippen LogP contribution >= 0.6 is 15.9 Å². The minimum Gasteiger partial charge on any atom is -0.388 e. The van der Waals surface area contributed by atoms with E-state index in [1.807, 2.05) is 12.1 Å². The Morgan fingerprint density at radius 1 is 1.50 bits per heavy atom. The molecule has 0 aliphatic rings. The second-order valence-electron chi connectivity index (χ2n) is 4.00. The second-order valence-corrected chi connectivity index (χ2v) is 4.91. The molecule has 0 spiro atoms. The number of nitrogens with two attached hydrogens (primary N) is 1. The molecule has 1 aromatic rings. The molecule has 88 valence electrons. The van der Waals surface area contributed by atoms with Gasteiger partial charge in [-0.05, 0) is 37.7 Å². The zero-order valence-electron chi connectivity index (χ0n) is 9.54. The number of nitrogens with one attached hydrogen (secondary N) is 1. The first-order valence-corrected chi connectivity index (χ1v) is 6.13. The monoisotopic (exact) mass is 283 g/mol. The molecule has 0 bridgehead atoms. The quantitative estimate of drug-likeness (QED) is 0.623. The van der Waals surface area contributed by atoms with Crippen molar-refractivity contribution in [3.63, 3.8) is 0 Å². The van der Waals surface area contributed by atoms with E-state index in [1.165, 1.54) is 5.56 Å². The van der Waals surface area contributed by atoms with Crippen molar-refractivity contribution in [2.24, 2.45) is 5.73 Å². The fraction of sp³-hybridized carbons (Fsp3) is 0.417. The van der Waals surface area contributed by atoms with Gasteiger partial charge in [0.15, 0.2) is 0 Å². The van der Waals surface area contributed by atoms with Crippen molar-refractivity contribution in [1.29, 1.82) is 5.41 Å². The minimum atomic E-state index is 0.274. The van der Waals surface area contributed by atoms with E-state index in [9.17, 15) is 0 Å². The first kappa shape index (κ1) is 13.2. The molecule has 0 saturated heterocycles. The maximum Gasteiger partial charge on any atom is 0.0905 e. The number of halogens is 1. The molecule has 0 radical (unpaired) electrons. The van der Waals surface area contributed by atoms with E-state index in [0.717, 1.165) is 24.0 Å². The molecule has 0 fully saturated rings. The highest BCUT2D eigenvalue weighted by Gasteiger charge is 2.01. The lowest BCUT2D eigenvalue weighted by Gasteiger charge is -2.16. The van der Waals surface area contributed by atoms with Gasteiger partial charge in [0.1, 0.15) is 0 Å². The average Bonchev–Trinajstić information content (AvgIpc) is 2.16. The van der Waals surface area contributed by atoms with Crippen LogP contribution in [0, 0.1) is 5.41 Å². The van der Waals surface area contributed by atoms with Gasteiger partial charge in [0.25, 0.3) is 0 Å². The number of hydrogen-bond donors (Lipinski definition) is 2. The first-order chi connectivity index (χ1) is 7.58. The molecule has 0 aliphatic carbocycles. The van der Waals surface area contributed by atoms with Gasteiger partial charge in [-0.1, -0.05) is 28.1 Å². The molecular formula is C12H18BrN3. The molecule has 0 heterocycles. The van der Waals surface area contributed by atoms with Gasteiger partial charge in [0.2, 0.25) is 0 Å². The molecule has 16 heavy (non-hydrogen) atoms. The third kappa shape index (κ3) is 5.28. The molecule has 0 aromatic heterocycles. The van der Waals surface area contributed by atoms with Crippen molar-refractivity contribution < 1.29 is 0 Å². The summed E-state index contributed by atoms with van der Waals surface area (Å²) in [5.74, 6) is 0.274. The highest BCUT2D eigenvalue weighted by Crippen LogP contribution is 2.13. The molecule has 1 rings (SSSR count). The van der Waals surface area contributed by atoms with E-state index in [2.05, 4.69) is 40.0 Å². The maximum atomic E-state index is 7.14. The molecule has 3 N–H and O–H groups in total. The van der Waals surface area contributed by atoms with Crippen molar-refractivity contribution in [2.45, 2.75) is 19.4 Å². The molecule has 4 heteroatoms. The summed E-state index contributed by atoms with van der Waals surface area (Å²) >= 11 is 3.46. The highest BCUT2D eigenvalue weighted by molar-refractivity contribution is 9.10. The van der Waals surface area contributed by atoms with Crippen LogP contribution in [-0.4, -0.2) is 24.3 Å². The van der Waals surface area contributed by atoms with Crippen LogP contribution in [0.5, 0.6) is 0 Å². The predicted octanol–water partition coefficient (Wildman–Crippen LogP) is 2.60. The summed E-state index contributed by atoms with van der Waals surface area (Å²) in [5, 5.41) is 7.14. The zero-order chi connectivity index (χ0) is 12.0. The summed E-state index contributed by atoms with van der Waals surface area (Å²) in [6.45, 7) is 1.89. The normalized spacial score (nSPS) is 10.7. The van der Waals surface area contributed by atoms with Crippen LogP contribution in [0.4, 0.5) is 0 Å². The van der Waals surface area contributed by atoms with Crippen LogP contribution < -0.4 is 5.73 Å². The van der Waals surface area contributed by atoms with Crippen molar-refractivity contribution in [1.82, 2.24) is 4.90 Å². The topological polar surface area (TPSA) is 53.1 Å². The van der Waals surface area contributed by atoms with Gasteiger partial charge >= 0.3 is 0 Å². The van der Waals surface area contributed by atoms with E-state index in [1.54, 1.807) is 0 Å². The minimum absolute atomic E-state index is 0.274. The smallest absolute Gasteiger partial charge is 0.0905 e. The van der Waals surface area contributed by atoms with E-state index in [0.29, 0.717) is 6.42 Å². The Labute approximate surface area is 105 Å². The maximum absolute atomic E-state index is 7.14. The van der Waals surface area contributed by atoms with Gasteiger partial charge in [-0.2, -0.15) is 0 Å². The Morgan fingerprint density at radius 2 is 2.25 bits per heavy atom. The van der Waals surface area contributed by atoms with Crippen molar-refractivity contribution >= 4 is 21.8 Å². The standard InChI is InChI=1S/C12H18BrN3/c1-16(7-3-6-12(14)15)9-10-4-2-5-11(13)8-10/h2,4-5,8H,3,6-7,9H2,1H3,(H3,14,15). The summed E-state index contributed by atoms with van der Waals surface area (Å²) in [6.07, 6.45) is 1.63. The Hall–Kier alpha value is -0.870. The molecule has 0 aliphatic heterocycles. The van der Waals surface area contributed by atoms with E-state index in [-0.39, 0.29) is 5.84 Å². The lowest BCUT2D eigenvalue weighted by molar-refractivity contribution is 0.324. The fourth-order valence-corrected chi connectivity index (χ4v) is 2.01. The van der Waals surface area contributed by atoms with Crippen LogP contribution in [0.3, 0.4) is 0 Å². The number of nitrogens with zero attached hydrogens (tertiary/aromatic N) is 1. The molecule has 0 amide bonds. The van der Waals surface area contributed by atoms with Crippen LogP contribution in [0.2, 0.25) is 0 Å². The lowest BCUT2D eigenvalue weighted by atomic mass is 10.2. The molecule has 0 atom stereocenters. The van der Waals surface area contributed by atoms with Gasteiger partial charge in [-0.15, -0.1) is 0 Å². The van der Waals surface area contributed by atoms with Crippen LogP contribution in [0.25, 0.3) is 0 Å². The molecule has 3 nitrogen and oxygen atoms in total. The van der Waals surface area contributed by atoms with E-state index < -0.39 is 0 Å². The SMILES string of the molecule is CN(CCCC(=N)N)Cc1cccc(Br)c1. The van der Waals surface area contributed by atoms with Gasteiger partial charge in [-0.25, -0.2) is 0 Å². The summed E-state index contributed by atoms with van der Waals surface area (Å²) in [5.41, 5.74) is 6.60. The summed E-state index contributed by atoms with van der Waals surface area (Å²) < 4.78 is 1.11. The highest BCUT2D eigenvalue weighted by atomic mass is 79.9. The fourth-order valence-electron chi connectivity index (χ4n) is 1.57. The summed E-state index contributed by atoms with van der Waals surface area (Å²) in [7, 11) is 2.08. The van der Waals surface area contributed by atoms with E-state index in [4.69, 9.17) is 11.1 Å². The van der Waals surface area contributed by atoms with Gasteiger partial charge in [-0.3, -0.25) is 5.41 Å². The van der Waals surface area contributed by atoms with Crippen molar-refractivity contribution in [2.75, 3.05) is 13.6 Å². The second kappa shape index (κ2) is 6.66. The summed E-state index contributed by atoms with van der Waals surface area (Å²) in [4.78, 5) is 2.24. The predicted molar refractivity (Wildman–Crippen MR) is 71.6 cm³/mol.